The standard InChI is InChI=1S/C21H24N2O4S/c1-4-14-9-7-8-10-17(14)22-21(28)23-18-13-15(19(24)26-5-2)11-12-16(18)20(25)27-6-3/h7-13H,4-6H2,1-3H3,(H2,22,23,28). The maximum atomic E-state index is 12.3. The van der Waals surface area contributed by atoms with Gasteiger partial charge in [0.15, 0.2) is 5.11 Å². The topological polar surface area (TPSA) is 76.7 Å². The van der Waals surface area contributed by atoms with E-state index in [1.165, 1.54) is 18.2 Å². The van der Waals surface area contributed by atoms with E-state index in [4.69, 9.17) is 21.7 Å². The van der Waals surface area contributed by atoms with Crippen LogP contribution < -0.4 is 10.6 Å². The molecule has 0 heterocycles. The van der Waals surface area contributed by atoms with Crippen molar-refractivity contribution in [3.05, 3.63) is 59.2 Å². The van der Waals surface area contributed by atoms with Crippen molar-refractivity contribution in [2.75, 3.05) is 23.8 Å². The summed E-state index contributed by atoms with van der Waals surface area (Å²) in [5.41, 5.74) is 2.95. The van der Waals surface area contributed by atoms with Gasteiger partial charge in [0.1, 0.15) is 0 Å². The molecule has 0 spiro atoms. The van der Waals surface area contributed by atoms with Crippen molar-refractivity contribution < 1.29 is 19.1 Å². The van der Waals surface area contributed by atoms with Gasteiger partial charge in [-0.3, -0.25) is 0 Å². The molecule has 0 atom stereocenters. The molecule has 2 rings (SSSR count). The molecule has 7 heteroatoms. The molecule has 0 aromatic heterocycles. The van der Waals surface area contributed by atoms with Gasteiger partial charge in [0.05, 0.1) is 30.0 Å². The second-order valence-corrected chi connectivity index (χ2v) is 6.20. The lowest BCUT2D eigenvalue weighted by molar-refractivity contribution is 0.0512. The first-order chi connectivity index (χ1) is 13.5. The second-order valence-electron chi connectivity index (χ2n) is 5.79. The van der Waals surface area contributed by atoms with Crippen molar-refractivity contribution in [1.82, 2.24) is 0 Å². The van der Waals surface area contributed by atoms with Crippen LogP contribution in [0.1, 0.15) is 47.1 Å². The van der Waals surface area contributed by atoms with Gasteiger partial charge in [0, 0.05) is 5.69 Å². The molecular weight excluding hydrogens is 376 g/mol. The highest BCUT2D eigenvalue weighted by Gasteiger charge is 2.17. The van der Waals surface area contributed by atoms with Gasteiger partial charge < -0.3 is 20.1 Å². The number of nitrogens with one attached hydrogen (secondary N) is 2. The Labute approximate surface area is 170 Å². The molecule has 148 valence electrons. The number of thiocarbonyl (C=S) groups is 1. The third-order valence-electron chi connectivity index (χ3n) is 3.92. The summed E-state index contributed by atoms with van der Waals surface area (Å²) in [5, 5.41) is 6.43. The summed E-state index contributed by atoms with van der Waals surface area (Å²) in [6.45, 7) is 6.01. The van der Waals surface area contributed by atoms with E-state index in [1.807, 2.05) is 24.3 Å². The van der Waals surface area contributed by atoms with E-state index in [2.05, 4.69) is 17.6 Å². The number of aryl methyl sites for hydroxylation is 1. The lowest BCUT2D eigenvalue weighted by Gasteiger charge is -2.16. The van der Waals surface area contributed by atoms with Gasteiger partial charge in [-0.2, -0.15) is 0 Å². The highest BCUT2D eigenvalue weighted by molar-refractivity contribution is 7.80. The van der Waals surface area contributed by atoms with E-state index in [1.54, 1.807) is 13.8 Å². The molecule has 2 aromatic carbocycles. The van der Waals surface area contributed by atoms with Crippen LogP contribution in [0.5, 0.6) is 0 Å². The molecule has 2 N–H and O–H groups in total. The number of esters is 2. The van der Waals surface area contributed by atoms with Crippen molar-refractivity contribution in [2.45, 2.75) is 27.2 Å². The van der Waals surface area contributed by atoms with Crippen LogP contribution in [0, 0.1) is 0 Å². The minimum absolute atomic E-state index is 0.241. The van der Waals surface area contributed by atoms with Gasteiger partial charge in [-0.15, -0.1) is 0 Å². The Morgan fingerprint density at radius 3 is 2.21 bits per heavy atom. The first-order valence-corrected chi connectivity index (χ1v) is 9.55. The van der Waals surface area contributed by atoms with E-state index in [9.17, 15) is 9.59 Å². The van der Waals surface area contributed by atoms with E-state index in [0.717, 1.165) is 17.7 Å². The number of para-hydroxylation sites is 1. The molecule has 0 saturated heterocycles. The predicted molar refractivity (Wildman–Crippen MR) is 114 cm³/mol. The fourth-order valence-electron chi connectivity index (χ4n) is 2.60. The molecule has 0 bridgehead atoms. The highest BCUT2D eigenvalue weighted by Crippen LogP contribution is 2.21. The average molecular weight is 401 g/mol. The quantitative estimate of drug-likeness (QED) is 0.526. The van der Waals surface area contributed by atoms with Crippen LogP contribution in [-0.2, 0) is 15.9 Å². The predicted octanol–water partition coefficient (Wildman–Crippen LogP) is 4.41. The van der Waals surface area contributed by atoms with Crippen LogP contribution in [0.4, 0.5) is 11.4 Å². The van der Waals surface area contributed by atoms with Crippen LogP contribution in [0.25, 0.3) is 0 Å². The van der Waals surface area contributed by atoms with E-state index < -0.39 is 11.9 Å². The molecule has 2 aromatic rings. The van der Waals surface area contributed by atoms with E-state index >= 15 is 0 Å². The lowest BCUT2D eigenvalue weighted by Crippen LogP contribution is -2.22. The maximum Gasteiger partial charge on any atom is 0.340 e. The summed E-state index contributed by atoms with van der Waals surface area (Å²) in [4.78, 5) is 24.3. The Balaban J connectivity index is 2.29. The summed E-state index contributed by atoms with van der Waals surface area (Å²) in [7, 11) is 0. The van der Waals surface area contributed by atoms with Crippen molar-refractivity contribution in [3.63, 3.8) is 0 Å². The number of hydrogen-bond donors (Lipinski definition) is 2. The van der Waals surface area contributed by atoms with Gasteiger partial charge in [0.25, 0.3) is 0 Å². The lowest BCUT2D eigenvalue weighted by atomic mass is 10.1. The van der Waals surface area contributed by atoms with Crippen molar-refractivity contribution in [2.24, 2.45) is 0 Å². The third-order valence-corrected chi connectivity index (χ3v) is 4.12. The summed E-state index contributed by atoms with van der Waals surface area (Å²) >= 11 is 5.41. The van der Waals surface area contributed by atoms with Gasteiger partial charge in [0.2, 0.25) is 0 Å². The molecule has 0 aliphatic heterocycles. The van der Waals surface area contributed by atoms with Crippen LogP contribution >= 0.6 is 12.2 Å². The van der Waals surface area contributed by atoms with Crippen molar-refractivity contribution in [3.8, 4) is 0 Å². The SMILES string of the molecule is CCOC(=O)c1ccc(C(=O)OCC)c(NC(=S)Nc2ccccc2CC)c1. The zero-order valence-electron chi connectivity index (χ0n) is 16.2. The molecule has 0 saturated carbocycles. The third kappa shape index (κ3) is 5.53. The molecule has 0 unspecified atom stereocenters. The minimum atomic E-state index is -0.503. The summed E-state index contributed by atoms with van der Waals surface area (Å²) < 4.78 is 10.1. The molecule has 0 amide bonds. The number of carbonyl (C=O) groups is 2. The first-order valence-electron chi connectivity index (χ1n) is 9.14. The fraction of sp³-hybridized carbons (Fsp3) is 0.286. The zero-order valence-corrected chi connectivity index (χ0v) is 17.0. The van der Waals surface area contributed by atoms with Crippen LogP contribution in [0.2, 0.25) is 0 Å². The fourth-order valence-corrected chi connectivity index (χ4v) is 2.82. The highest BCUT2D eigenvalue weighted by atomic mass is 32.1. The van der Waals surface area contributed by atoms with Crippen molar-refractivity contribution in [1.29, 1.82) is 0 Å². The number of anilines is 2. The first kappa shape index (κ1) is 21.4. The second kappa shape index (κ2) is 10.4. The monoisotopic (exact) mass is 400 g/mol. The number of benzene rings is 2. The molecule has 0 aliphatic carbocycles. The summed E-state index contributed by atoms with van der Waals surface area (Å²) in [5.74, 6) is -0.978. The molecule has 28 heavy (non-hydrogen) atoms. The number of rotatable bonds is 7. The largest absolute Gasteiger partial charge is 0.462 e. The number of ether oxygens (including phenoxy) is 2. The van der Waals surface area contributed by atoms with E-state index in [0.29, 0.717) is 16.4 Å². The number of carbonyl (C=O) groups excluding carboxylic acids is 2. The van der Waals surface area contributed by atoms with Crippen molar-refractivity contribution >= 4 is 40.6 Å². The van der Waals surface area contributed by atoms with Crippen LogP contribution in [-0.4, -0.2) is 30.3 Å². The summed E-state index contributed by atoms with van der Waals surface area (Å²) in [6.07, 6.45) is 0.845. The van der Waals surface area contributed by atoms with Crippen LogP contribution in [0.15, 0.2) is 42.5 Å². The number of hydrogen-bond acceptors (Lipinski definition) is 5. The molecule has 0 fully saturated rings. The Morgan fingerprint density at radius 1 is 0.893 bits per heavy atom. The molecule has 6 nitrogen and oxygen atoms in total. The van der Waals surface area contributed by atoms with Gasteiger partial charge in [-0.25, -0.2) is 9.59 Å². The minimum Gasteiger partial charge on any atom is -0.462 e. The summed E-state index contributed by atoms with van der Waals surface area (Å²) in [6, 6.07) is 12.4. The Kier molecular flexibility index (Phi) is 7.95. The Bertz CT molecular complexity index is 867. The van der Waals surface area contributed by atoms with Gasteiger partial charge in [-0.05, 0) is 62.3 Å². The van der Waals surface area contributed by atoms with E-state index in [-0.39, 0.29) is 18.8 Å². The zero-order chi connectivity index (χ0) is 20.5. The maximum absolute atomic E-state index is 12.3. The van der Waals surface area contributed by atoms with Gasteiger partial charge >= 0.3 is 11.9 Å². The molecule has 0 aliphatic rings. The Morgan fingerprint density at radius 2 is 1.54 bits per heavy atom. The Hall–Kier alpha value is -2.93. The normalized spacial score (nSPS) is 10.1. The molecular formula is C21H24N2O4S. The average Bonchev–Trinajstić information content (AvgIpc) is 2.68. The molecule has 0 radical (unpaired) electrons. The van der Waals surface area contributed by atoms with Crippen LogP contribution in [0.3, 0.4) is 0 Å². The van der Waals surface area contributed by atoms with Gasteiger partial charge in [-0.1, -0.05) is 25.1 Å². The smallest absolute Gasteiger partial charge is 0.340 e.